The summed E-state index contributed by atoms with van der Waals surface area (Å²) in [5.41, 5.74) is 5.26. The minimum absolute atomic E-state index is 0.0247. The molecule has 4 heterocycles. The summed E-state index contributed by atoms with van der Waals surface area (Å²) in [6, 6.07) is 5.08. The van der Waals surface area contributed by atoms with E-state index in [1.165, 1.54) is 17.8 Å². The van der Waals surface area contributed by atoms with Crippen LogP contribution in [-0.2, 0) is 5.60 Å². The third kappa shape index (κ3) is 4.83. The van der Waals surface area contributed by atoms with Crippen molar-refractivity contribution in [3.8, 4) is 17.7 Å². The Morgan fingerprint density at radius 2 is 2.08 bits per heavy atom. The van der Waals surface area contributed by atoms with E-state index in [1.807, 2.05) is 0 Å². The molecular formula is C24H22ClFN8O3. The summed E-state index contributed by atoms with van der Waals surface area (Å²) >= 11 is 6.35. The normalized spacial score (nSPS) is 15.9. The zero-order chi connectivity index (χ0) is 26.3. The first-order valence-electron chi connectivity index (χ1n) is 11.4. The standard InChI is InChI=1S/C24H22ClFN8O3/c1-13-29-22(32-37-13)24(2,36)8-5-14-3-4-16-18(11-14)34(20-17(25)12-28-23(27)30-20)31-19(16)21(35)33-9-6-15(26)7-10-33/h3-4,11-12,15,36H,6-7,9-10H2,1-2H3,(H2,27,28,30)/t24-/m1/s1. The highest BCUT2D eigenvalue weighted by Gasteiger charge is 2.29. The minimum Gasteiger partial charge on any atom is -0.371 e. The SMILES string of the molecule is Cc1nc([C@](C)(O)C#Cc2ccc3c(C(=O)N4CCC(F)CC4)nn(-c4nc(N)ncc4Cl)c3c2)no1. The number of aliphatic hydroxyl groups is 1. The van der Waals surface area contributed by atoms with Crippen molar-refractivity contribution in [1.82, 2.24) is 34.8 Å². The number of likely N-dealkylation sites (tertiary alicyclic amines) is 1. The van der Waals surface area contributed by atoms with Gasteiger partial charge in [0.05, 0.1) is 11.7 Å². The highest BCUT2D eigenvalue weighted by Crippen LogP contribution is 2.28. The smallest absolute Gasteiger partial charge is 0.275 e. The first-order valence-corrected chi connectivity index (χ1v) is 11.8. The average Bonchev–Trinajstić information content (AvgIpc) is 3.48. The molecule has 1 amide bonds. The lowest BCUT2D eigenvalue weighted by molar-refractivity contribution is 0.0662. The minimum atomic E-state index is -1.67. The number of nitrogens with two attached hydrogens (primary N) is 1. The van der Waals surface area contributed by atoms with Gasteiger partial charge in [0, 0.05) is 31.0 Å². The van der Waals surface area contributed by atoms with E-state index >= 15 is 0 Å². The molecule has 4 aromatic rings. The summed E-state index contributed by atoms with van der Waals surface area (Å²) in [7, 11) is 0. The second-order valence-corrected chi connectivity index (χ2v) is 9.23. The molecule has 11 nitrogen and oxygen atoms in total. The first-order chi connectivity index (χ1) is 17.6. The van der Waals surface area contributed by atoms with Crippen molar-refractivity contribution >= 4 is 34.4 Å². The summed E-state index contributed by atoms with van der Waals surface area (Å²) < 4.78 is 20.0. The van der Waals surface area contributed by atoms with Crippen molar-refractivity contribution < 1.29 is 18.8 Å². The van der Waals surface area contributed by atoms with E-state index in [-0.39, 0.29) is 47.1 Å². The molecule has 3 N–H and O–H groups in total. The van der Waals surface area contributed by atoms with Crippen molar-refractivity contribution in [3.05, 3.63) is 52.4 Å². The van der Waals surface area contributed by atoms with Crippen LogP contribution in [-0.4, -0.2) is 65.1 Å². The topological polar surface area (TPSA) is 149 Å². The van der Waals surface area contributed by atoms with Crippen LogP contribution in [0.5, 0.6) is 0 Å². The number of carbonyl (C=O) groups excluding carboxylic acids is 1. The fourth-order valence-electron chi connectivity index (χ4n) is 3.98. The maximum Gasteiger partial charge on any atom is 0.275 e. The van der Waals surface area contributed by atoms with Crippen LogP contribution in [0.4, 0.5) is 10.3 Å². The molecule has 1 aliphatic heterocycles. The van der Waals surface area contributed by atoms with Crippen LogP contribution in [0.1, 0.15) is 47.5 Å². The zero-order valence-corrected chi connectivity index (χ0v) is 20.7. The van der Waals surface area contributed by atoms with Crippen molar-refractivity contribution in [3.63, 3.8) is 0 Å². The number of benzene rings is 1. The maximum absolute atomic E-state index is 13.7. The summed E-state index contributed by atoms with van der Waals surface area (Å²) in [5, 5.41) is 19.7. The number of alkyl halides is 1. The van der Waals surface area contributed by atoms with Crippen molar-refractivity contribution in [1.29, 1.82) is 0 Å². The van der Waals surface area contributed by atoms with Crippen molar-refractivity contribution in [2.24, 2.45) is 0 Å². The monoisotopic (exact) mass is 524 g/mol. The maximum atomic E-state index is 13.7. The number of halogens is 2. The highest BCUT2D eigenvalue weighted by atomic mass is 35.5. The van der Waals surface area contributed by atoms with Crippen LogP contribution in [0.3, 0.4) is 0 Å². The summed E-state index contributed by atoms with van der Waals surface area (Å²) in [6.45, 7) is 3.65. The van der Waals surface area contributed by atoms with Gasteiger partial charge in [-0.15, -0.1) is 0 Å². The number of nitrogens with zero attached hydrogens (tertiary/aromatic N) is 7. The van der Waals surface area contributed by atoms with Crippen LogP contribution in [0.25, 0.3) is 16.7 Å². The van der Waals surface area contributed by atoms with Gasteiger partial charge in [-0.2, -0.15) is 15.1 Å². The molecule has 3 aromatic heterocycles. The summed E-state index contributed by atoms with van der Waals surface area (Å²) in [5.74, 6) is 5.82. The predicted octanol–water partition coefficient (Wildman–Crippen LogP) is 2.58. The van der Waals surface area contributed by atoms with Crippen LogP contribution < -0.4 is 5.73 Å². The molecule has 190 valence electrons. The van der Waals surface area contributed by atoms with Gasteiger partial charge in [0.15, 0.2) is 17.1 Å². The van der Waals surface area contributed by atoms with E-state index in [9.17, 15) is 14.3 Å². The number of aryl methyl sites for hydroxylation is 1. The number of piperidine rings is 1. The Balaban J connectivity index is 1.61. The van der Waals surface area contributed by atoms with Gasteiger partial charge in [-0.3, -0.25) is 4.79 Å². The van der Waals surface area contributed by atoms with E-state index in [4.69, 9.17) is 21.9 Å². The van der Waals surface area contributed by atoms with E-state index < -0.39 is 11.8 Å². The molecule has 0 aliphatic carbocycles. The number of aromatic nitrogens is 6. The van der Waals surface area contributed by atoms with Crippen molar-refractivity contribution in [2.75, 3.05) is 18.8 Å². The Labute approximate surface area is 215 Å². The number of hydrogen-bond donors (Lipinski definition) is 2. The molecule has 1 aliphatic rings. The van der Waals surface area contributed by atoms with E-state index in [0.29, 0.717) is 35.4 Å². The Morgan fingerprint density at radius 1 is 1.32 bits per heavy atom. The highest BCUT2D eigenvalue weighted by molar-refractivity contribution is 6.32. The molecular weight excluding hydrogens is 503 g/mol. The molecule has 1 saturated heterocycles. The van der Waals surface area contributed by atoms with Crippen molar-refractivity contribution in [2.45, 2.75) is 38.5 Å². The summed E-state index contributed by atoms with van der Waals surface area (Å²) in [4.78, 5) is 27.1. The van der Waals surface area contributed by atoms with E-state index in [0.717, 1.165) is 0 Å². The van der Waals surface area contributed by atoms with Crippen LogP contribution in [0, 0.1) is 18.8 Å². The average molecular weight is 525 g/mol. The summed E-state index contributed by atoms with van der Waals surface area (Å²) in [6.07, 6.45) is 0.973. The van der Waals surface area contributed by atoms with Gasteiger partial charge in [-0.05, 0) is 38.0 Å². The third-order valence-corrected chi connectivity index (χ3v) is 6.22. The molecule has 0 bridgehead atoms. The molecule has 0 saturated carbocycles. The van der Waals surface area contributed by atoms with E-state index in [2.05, 4.69) is 37.0 Å². The molecule has 37 heavy (non-hydrogen) atoms. The number of anilines is 1. The lowest BCUT2D eigenvalue weighted by atomic mass is 10.1. The predicted molar refractivity (Wildman–Crippen MR) is 132 cm³/mol. The number of amides is 1. The lowest BCUT2D eigenvalue weighted by Crippen LogP contribution is -2.39. The lowest BCUT2D eigenvalue weighted by Gasteiger charge is -2.28. The second-order valence-electron chi connectivity index (χ2n) is 8.82. The fraction of sp³-hybridized carbons (Fsp3) is 0.333. The zero-order valence-electron chi connectivity index (χ0n) is 19.9. The van der Waals surface area contributed by atoms with Gasteiger partial charge >= 0.3 is 0 Å². The van der Waals surface area contributed by atoms with Crippen LogP contribution >= 0.6 is 11.6 Å². The van der Waals surface area contributed by atoms with Gasteiger partial charge in [-0.1, -0.05) is 28.6 Å². The Morgan fingerprint density at radius 3 is 2.78 bits per heavy atom. The van der Waals surface area contributed by atoms with Crippen LogP contribution in [0.15, 0.2) is 28.9 Å². The number of nitrogen functional groups attached to an aromatic ring is 1. The number of carbonyl (C=O) groups is 1. The number of rotatable bonds is 3. The number of fused-ring (bicyclic) bond motifs is 1. The molecule has 0 spiro atoms. The molecule has 1 atom stereocenters. The quantitative estimate of drug-likeness (QED) is 0.385. The van der Waals surface area contributed by atoms with Gasteiger partial charge in [0.1, 0.15) is 11.2 Å². The molecule has 5 rings (SSSR count). The van der Waals surface area contributed by atoms with Gasteiger partial charge in [0.2, 0.25) is 17.7 Å². The van der Waals surface area contributed by atoms with Gasteiger partial charge < -0.3 is 20.3 Å². The Kier molecular flexibility index (Phi) is 6.26. The number of hydrogen-bond acceptors (Lipinski definition) is 9. The largest absolute Gasteiger partial charge is 0.371 e. The van der Waals surface area contributed by atoms with Gasteiger partial charge in [0.25, 0.3) is 5.91 Å². The molecule has 0 radical (unpaired) electrons. The Hall–Kier alpha value is -4.08. The molecule has 1 fully saturated rings. The van der Waals surface area contributed by atoms with Gasteiger partial charge in [-0.25, -0.2) is 14.1 Å². The second kappa shape index (κ2) is 9.42. The molecule has 0 unspecified atom stereocenters. The first kappa shape index (κ1) is 24.6. The Bertz CT molecular complexity index is 1560. The van der Waals surface area contributed by atoms with E-state index in [1.54, 1.807) is 30.0 Å². The van der Waals surface area contributed by atoms with Crippen LogP contribution in [0.2, 0.25) is 5.02 Å². The third-order valence-electron chi connectivity index (χ3n) is 5.95. The molecule has 13 heteroatoms. The molecule has 1 aromatic carbocycles. The fourth-order valence-corrected chi connectivity index (χ4v) is 4.15.